The number of likely N-dealkylation sites (tertiary alicyclic amines) is 1. The quantitative estimate of drug-likeness (QED) is 0.822. The van der Waals surface area contributed by atoms with Gasteiger partial charge >= 0.3 is 0 Å². The van der Waals surface area contributed by atoms with Gasteiger partial charge in [-0.1, -0.05) is 0 Å². The molecule has 3 fully saturated rings. The average molecular weight is 369 g/mol. The van der Waals surface area contributed by atoms with Crippen molar-refractivity contribution in [2.45, 2.75) is 31.6 Å². The molecule has 1 saturated carbocycles. The maximum Gasteiger partial charge on any atom is 0.276 e. The number of fused-ring (bicyclic) bond motifs is 1. The van der Waals surface area contributed by atoms with Crippen LogP contribution >= 0.6 is 0 Å². The van der Waals surface area contributed by atoms with Gasteiger partial charge in [-0.3, -0.25) is 9.20 Å². The Bertz CT molecular complexity index is 817. The van der Waals surface area contributed by atoms with Crippen molar-refractivity contribution in [2.24, 2.45) is 5.92 Å². The average Bonchev–Trinajstić information content (AvgIpc) is 3.43. The Balaban J connectivity index is 1.35. The Hall–Kier alpha value is -1.99. The second-order valence-corrected chi connectivity index (χ2v) is 8.08. The van der Waals surface area contributed by atoms with Gasteiger partial charge in [-0.2, -0.15) is 0 Å². The topological polar surface area (TPSA) is 63.0 Å². The Labute approximate surface area is 159 Å². The van der Waals surface area contributed by atoms with Crippen molar-refractivity contribution in [2.75, 3.05) is 45.9 Å². The summed E-state index contributed by atoms with van der Waals surface area (Å²) in [6.07, 6.45) is 8.77. The molecule has 0 N–H and O–H groups in total. The van der Waals surface area contributed by atoms with E-state index in [1.54, 1.807) is 6.33 Å². The lowest BCUT2D eigenvalue weighted by Crippen LogP contribution is -2.41. The van der Waals surface area contributed by atoms with Gasteiger partial charge in [0, 0.05) is 37.4 Å². The molecule has 1 aliphatic carbocycles. The number of carbonyl (C=O) groups excluding carboxylic acids is 1. The van der Waals surface area contributed by atoms with Crippen molar-refractivity contribution in [1.82, 2.24) is 24.2 Å². The molecule has 27 heavy (non-hydrogen) atoms. The standard InChI is InChI=1S/C20H27N5O2/c26-20(24-9-11-27-12-10-24)18-19-21-6-3-17(25(19)14-22-18)16-4-7-23(8-5-16)13-15-1-2-15/h3,6,14-16H,1-2,4-5,7-13H2. The van der Waals surface area contributed by atoms with E-state index < -0.39 is 0 Å². The highest BCUT2D eigenvalue weighted by molar-refractivity contribution is 5.98. The van der Waals surface area contributed by atoms with Gasteiger partial charge in [-0.25, -0.2) is 9.97 Å². The van der Waals surface area contributed by atoms with Crippen molar-refractivity contribution < 1.29 is 9.53 Å². The first-order valence-corrected chi connectivity index (χ1v) is 10.2. The number of rotatable bonds is 4. The molecule has 2 aromatic rings. The number of hydrogen-bond donors (Lipinski definition) is 0. The fraction of sp³-hybridized carbons (Fsp3) is 0.650. The SMILES string of the molecule is O=C(c1ncn2c(C3CCN(CC4CC4)CC3)ccnc12)N1CCOCC1. The van der Waals surface area contributed by atoms with E-state index >= 15 is 0 Å². The molecule has 7 heteroatoms. The van der Waals surface area contributed by atoms with E-state index in [-0.39, 0.29) is 5.91 Å². The van der Waals surface area contributed by atoms with Crippen LogP contribution in [-0.2, 0) is 4.74 Å². The predicted octanol–water partition coefficient (Wildman–Crippen LogP) is 1.79. The molecular weight excluding hydrogens is 342 g/mol. The van der Waals surface area contributed by atoms with E-state index in [1.165, 1.54) is 38.2 Å². The fourth-order valence-corrected chi connectivity index (χ4v) is 4.40. The van der Waals surface area contributed by atoms with Gasteiger partial charge in [0.15, 0.2) is 11.3 Å². The third-order valence-corrected chi connectivity index (χ3v) is 6.18. The van der Waals surface area contributed by atoms with E-state index in [2.05, 4.69) is 20.9 Å². The highest BCUT2D eigenvalue weighted by atomic mass is 16.5. The number of nitrogens with zero attached hydrogens (tertiary/aromatic N) is 5. The Morgan fingerprint density at radius 1 is 1.07 bits per heavy atom. The fourth-order valence-electron chi connectivity index (χ4n) is 4.40. The predicted molar refractivity (Wildman–Crippen MR) is 101 cm³/mol. The maximum atomic E-state index is 12.9. The van der Waals surface area contributed by atoms with Gasteiger partial charge in [0.05, 0.1) is 13.2 Å². The second-order valence-electron chi connectivity index (χ2n) is 8.08. The third-order valence-electron chi connectivity index (χ3n) is 6.18. The molecule has 3 aliphatic rings. The summed E-state index contributed by atoms with van der Waals surface area (Å²) in [5.74, 6) is 1.42. The first-order valence-electron chi connectivity index (χ1n) is 10.2. The number of morpholine rings is 1. The van der Waals surface area contributed by atoms with Crippen LogP contribution in [0.1, 0.15) is 47.8 Å². The number of imidazole rings is 1. The molecule has 0 bridgehead atoms. The van der Waals surface area contributed by atoms with E-state index in [0.29, 0.717) is 43.6 Å². The summed E-state index contributed by atoms with van der Waals surface area (Å²) in [7, 11) is 0. The molecule has 5 rings (SSSR count). The highest BCUT2D eigenvalue weighted by Crippen LogP contribution is 2.33. The molecule has 4 heterocycles. The summed E-state index contributed by atoms with van der Waals surface area (Å²) >= 11 is 0. The number of hydrogen-bond acceptors (Lipinski definition) is 5. The zero-order valence-electron chi connectivity index (χ0n) is 15.7. The lowest BCUT2D eigenvalue weighted by molar-refractivity contribution is 0.0300. The van der Waals surface area contributed by atoms with Gasteiger partial charge in [-0.15, -0.1) is 0 Å². The molecule has 0 unspecified atom stereocenters. The van der Waals surface area contributed by atoms with Crippen LogP contribution in [-0.4, -0.2) is 76.0 Å². The van der Waals surface area contributed by atoms with Crippen LogP contribution in [0, 0.1) is 5.92 Å². The summed E-state index contributed by atoms with van der Waals surface area (Å²) in [6.45, 7) is 6.04. The van der Waals surface area contributed by atoms with Crippen molar-refractivity contribution >= 4 is 11.6 Å². The smallest absolute Gasteiger partial charge is 0.276 e. The minimum absolute atomic E-state index is 0.0373. The van der Waals surface area contributed by atoms with Crippen LogP contribution in [0.4, 0.5) is 0 Å². The van der Waals surface area contributed by atoms with Gasteiger partial charge in [-0.05, 0) is 50.8 Å². The second kappa shape index (κ2) is 7.20. The van der Waals surface area contributed by atoms with Gasteiger partial charge in [0.2, 0.25) is 0 Å². The van der Waals surface area contributed by atoms with Gasteiger partial charge in [0.25, 0.3) is 5.91 Å². The minimum Gasteiger partial charge on any atom is -0.378 e. The lowest BCUT2D eigenvalue weighted by atomic mass is 9.93. The molecule has 7 nitrogen and oxygen atoms in total. The van der Waals surface area contributed by atoms with Crippen LogP contribution in [0.15, 0.2) is 18.6 Å². The van der Waals surface area contributed by atoms with Crippen molar-refractivity contribution in [1.29, 1.82) is 0 Å². The van der Waals surface area contributed by atoms with Crippen LogP contribution in [0.3, 0.4) is 0 Å². The Morgan fingerprint density at radius 3 is 2.59 bits per heavy atom. The van der Waals surface area contributed by atoms with Gasteiger partial charge < -0.3 is 14.5 Å². The van der Waals surface area contributed by atoms with Crippen molar-refractivity contribution in [3.05, 3.63) is 30.0 Å². The molecule has 0 aromatic carbocycles. The van der Waals surface area contributed by atoms with E-state index in [1.807, 2.05) is 15.5 Å². The maximum absolute atomic E-state index is 12.9. The molecule has 0 spiro atoms. The first kappa shape index (κ1) is 17.1. The zero-order valence-corrected chi connectivity index (χ0v) is 15.7. The minimum atomic E-state index is -0.0373. The highest BCUT2D eigenvalue weighted by Gasteiger charge is 2.29. The van der Waals surface area contributed by atoms with Gasteiger partial charge in [0.1, 0.15) is 6.33 Å². The number of piperidine rings is 1. The van der Waals surface area contributed by atoms with Crippen LogP contribution in [0.5, 0.6) is 0 Å². The number of aromatic nitrogens is 3. The monoisotopic (exact) mass is 369 g/mol. The van der Waals surface area contributed by atoms with Crippen LogP contribution in [0.25, 0.3) is 5.65 Å². The zero-order chi connectivity index (χ0) is 18.2. The first-order chi connectivity index (χ1) is 13.3. The molecule has 0 radical (unpaired) electrons. The molecule has 2 saturated heterocycles. The summed E-state index contributed by atoms with van der Waals surface area (Å²) in [4.78, 5) is 26.2. The number of amides is 1. The molecule has 2 aromatic heterocycles. The molecule has 1 amide bonds. The summed E-state index contributed by atoms with van der Waals surface area (Å²) in [6, 6.07) is 2.10. The van der Waals surface area contributed by atoms with Crippen molar-refractivity contribution in [3.63, 3.8) is 0 Å². The van der Waals surface area contributed by atoms with E-state index in [0.717, 1.165) is 18.8 Å². The summed E-state index contributed by atoms with van der Waals surface area (Å²) < 4.78 is 7.39. The van der Waals surface area contributed by atoms with Crippen LogP contribution < -0.4 is 0 Å². The van der Waals surface area contributed by atoms with E-state index in [9.17, 15) is 4.79 Å². The number of ether oxygens (including phenoxy) is 1. The summed E-state index contributed by atoms with van der Waals surface area (Å²) in [5, 5.41) is 0. The lowest BCUT2D eigenvalue weighted by Gasteiger charge is -2.32. The Morgan fingerprint density at radius 2 is 1.85 bits per heavy atom. The molecule has 0 atom stereocenters. The molecule has 2 aliphatic heterocycles. The largest absolute Gasteiger partial charge is 0.378 e. The van der Waals surface area contributed by atoms with E-state index in [4.69, 9.17) is 4.74 Å². The Kier molecular flexibility index (Phi) is 4.57. The third kappa shape index (κ3) is 3.46. The molecule has 144 valence electrons. The van der Waals surface area contributed by atoms with Crippen molar-refractivity contribution in [3.8, 4) is 0 Å². The van der Waals surface area contributed by atoms with Crippen LogP contribution in [0.2, 0.25) is 0 Å². The normalized spacial score (nSPS) is 22.4. The number of carbonyl (C=O) groups is 1. The summed E-state index contributed by atoms with van der Waals surface area (Å²) in [5.41, 5.74) is 2.38. The molecular formula is C20H27N5O2.